The molecule has 4 nitrogen and oxygen atoms in total. The van der Waals surface area contributed by atoms with E-state index in [1.54, 1.807) is 14.2 Å². The Morgan fingerprint density at radius 2 is 1.74 bits per heavy atom. The van der Waals surface area contributed by atoms with E-state index in [1.165, 1.54) is 0 Å². The molecule has 1 aromatic heterocycles. The van der Waals surface area contributed by atoms with Gasteiger partial charge in [-0.3, -0.25) is 0 Å². The van der Waals surface area contributed by atoms with E-state index in [1.807, 2.05) is 43.5 Å². The maximum absolute atomic E-state index is 5.24. The van der Waals surface area contributed by atoms with Crippen molar-refractivity contribution >= 4 is 5.82 Å². The molecule has 0 amide bonds. The van der Waals surface area contributed by atoms with Gasteiger partial charge < -0.3 is 14.8 Å². The number of rotatable bonds is 5. The van der Waals surface area contributed by atoms with E-state index in [0.29, 0.717) is 6.54 Å². The van der Waals surface area contributed by atoms with E-state index >= 15 is 0 Å². The lowest BCUT2D eigenvalue weighted by Crippen LogP contribution is -2.02. The van der Waals surface area contributed by atoms with Crippen molar-refractivity contribution in [2.75, 3.05) is 19.5 Å². The van der Waals surface area contributed by atoms with Crippen LogP contribution >= 0.6 is 0 Å². The molecule has 1 N–H and O–H groups in total. The minimum Gasteiger partial charge on any atom is -0.497 e. The lowest BCUT2D eigenvalue weighted by Gasteiger charge is -2.10. The number of hydrogen-bond donors (Lipinski definition) is 1. The molecule has 0 aliphatic rings. The SMILES string of the molecule is COc1cc(CNc2ccc(C)cn2)cc(OC)c1. The van der Waals surface area contributed by atoms with Crippen molar-refractivity contribution in [3.05, 3.63) is 47.7 Å². The van der Waals surface area contributed by atoms with E-state index in [9.17, 15) is 0 Å². The van der Waals surface area contributed by atoms with Gasteiger partial charge >= 0.3 is 0 Å². The summed E-state index contributed by atoms with van der Waals surface area (Å²) in [5, 5.41) is 3.27. The van der Waals surface area contributed by atoms with Crippen LogP contribution in [0.4, 0.5) is 5.82 Å². The van der Waals surface area contributed by atoms with E-state index in [-0.39, 0.29) is 0 Å². The van der Waals surface area contributed by atoms with Crippen LogP contribution in [0, 0.1) is 6.92 Å². The topological polar surface area (TPSA) is 43.4 Å². The molecule has 4 heteroatoms. The van der Waals surface area contributed by atoms with Crippen LogP contribution in [0.5, 0.6) is 11.5 Å². The van der Waals surface area contributed by atoms with Crippen molar-refractivity contribution < 1.29 is 9.47 Å². The van der Waals surface area contributed by atoms with Gasteiger partial charge in [0.2, 0.25) is 0 Å². The van der Waals surface area contributed by atoms with Gasteiger partial charge in [0.05, 0.1) is 14.2 Å². The average Bonchev–Trinajstić information content (AvgIpc) is 2.46. The highest BCUT2D eigenvalue weighted by Gasteiger charge is 2.02. The summed E-state index contributed by atoms with van der Waals surface area (Å²) in [5.74, 6) is 2.42. The zero-order valence-electron chi connectivity index (χ0n) is 11.4. The van der Waals surface area contributed by atoms with Crippen molar-refractivity contribution in [2.45, 2.75) is 13.5 Å². The van der Waals surface area contributed by atoms with Gasteiger partial charge in [0.25, 0.3) is 0 Å². The van der Waals surface area contributed by atoms with Gasteiger partial charge in [0.1, 0.15) is 17.3 Å². The van der Waals surface area contributed by atoms with Crippen LogP contribution < -0.4 is 14.8 Å². The van der Waals surface area contributed by atoms with Gasteiger partial charge in [0, 0.05) is 18.8 Å². The number of hydrogen-bond acceptors (Lipinski definition) is 4. The number of aryl methyl sites for hydroxylation is 1. The fourth-order valence-corrected chi connectivity index (χ4v) is 1.73. The smallest absolute Gasteiger partial charge is 0.126 e. The Labute approximate surface area is 113 Å². The van der Waals surface area contributed by atoms with E-state index in [2.05, 4.69) is 10.3 Å². The van der Waals surface area contributed by atoms with Crippen molar-refractivity contribution in [1.82, 2.24) is 4.98 Å². The Balaban J connectivity index is 2.08. The molecule has 0 saturated heterocycles. The zero-order valence-corrected chi connectivity index (χ0v) is 11.4. The van der Waals surface area contributed by atoms with Crippen LogP contribution in [0.3, 0.4) is 0 Å². The number of nitrogens with one attached hydrogen (secondary N) is 1. The summed E-state index contributed by atoms with van der Waals surface area (Å²) in [5.41, 5.74) is 2.23. The minimum absolute atomic E-state index is 0.670. The third-order valence-electron chi connectivity index (χ3n) is 2.80. The second kappa shape index (κ2) is 6.09. The summed E-state index contributed by atoms with van der Waals surface area (Å²) in [7, 11) is 3.29. The third-order valence-corrected chi connectivity index (χ3v) is 2.80. The number of benzene rings is 1. The molecule has 0 aliphatic carbocycles. The fourth-order valence-electron chi connectivity index (χ4n) is 1.73. The number of pyridine rings is 1. The number of anilines is 1. The first kappa shape index (κ1) is 13.2. The molecule has 100 valence electrons. The predicted molar refractivity (Wildman–Crippen MR) is 75.8 cm³/mol. The third kappa shape index (κ3) is 3.61. The van der Waals surface area contributed by atoms with Crippen LogP contribution in [-0.4, -0.2) is 19.2 Å². The largest absolute Gasteiger partial charge is 0.497 e. The quantitative estimate of drug-likeness (QED) is 0.895. The number of aromatic nitrogens is 1. The molecule has 0 aliphatic heterocycles. The van der Waals surface area contributed by atoms with Crippen LogP contribution in [0.15, 0.2) is 36.5 Å². The molecule has 0 radical (unpaired) electrons. The van der Waals surface area contributed by atoms with Gasteiger partial charge in [-0.25, -0.2) is 4.98 Å². The van der Waals surface area contributed by atoms with Crippen molar-refractivity contribution in [3.63, 3.8) is 0 Å². The van der Waals surface area contributed by atoms with Crippen molar-refractivity contribution in [1.29, 1.82) is 0 Å². The van der Waals surface area contributed by atoms with Gasteiger partial charge in [-0.05, 0) is 36.2 Å². The maximum Gasteiger partial charge on any atom is 0.126 e. The Hall–Kier alpha value is -2.23. The van der Waals surface area contributed by atoms with Crippen LogP contribution in [0.25, 0.3) is 0 Å². The van der Waals surface area contributed by atoms with E-state index in [0.717, 1.165) is 28.4 Å². The second-order valence-corrected chi connectivity index (χ2v) is 4.30. The first-order valence-corrected chi connectivity index (χ1v) is 6.10. The first-order valence-electron chi connectivity index (χ1n) is 6.10. The standard InChI is InChI=1S/C15H18N2O2/c1-11-4-5-15(16-9-11)17-10-12-6-13(18-2)8-14(7-12)19-3/h4-9H,10H2,1-3H3,(H,16,17). The molecule has 19 heavy (non-hydrogen) atoms. The highest BCUT2D eigenvalue weighted by atomic mass is 16.5. The monoisotopic (exact) mass is 258 g/mol. The lowest BCUT2D eigenvalue weighted by atomic mass is 10.2. The predicted octanol–water partition coefficient (Wildman–Crippen LogP) is 3.02. The summed E-state index contributed by atoms with van der Waals surface area (Å²) >= 11 is 0. The molecule has 1 aromatic carbocycles. The highest BCUT2D eigenvalue weighted by Crippen LogP contribution is 2.22. The van der Waals surface area contributed by atoms with Crippen molar-refractivity contribution in [3.8, 4) is 11.5 Å². The Morgan fingerprint density at radius 3 is 2.26 bits per heavy atom. The molecule has 2 rings (SSSR count). The van der Waals surface area contributed by atoms with Crippen LogP contribution in [0.1, 0.15) is 11.1 Å². The van der Waals surface area contributed by atoms with Crippen LogP contribution in [-0.2, 0) is 6.54 Å². The zero-order chi connectivity index (χ0) is 13.7. The molecule has 2 aromatic rings. The molecule has 1 heterocycles. The number of ether oxygens (including phenoxy) is 2. The molecule has 0 spiro atoms. The maximum atomic E-state index is 5.24. The van der Waals surface area contributed by atoms with Gasteiger partial charge in [-0.15, -0.1) is 0 Å². The molecule has 0 bridgehead atoms. The Bertz CT molecular complexity index is 516. The summed E-state index contributed by atoms with van der Waals surface area (Å²) in [6.07, 6.45) is 1.84. The second-order valence-electron chi connectivity index (χ2n) is 4.30. The lowest BCUT2D eigenvalue weighted by molar-refractivity contribution is 0.393. The molecule has 0 atom stereocenters. The van der Waals surface area contributed by atoms with Gasteiger partial charge in [-0.2, -0.15) is 0 Å². The van der Waals surface area contributed by atoms with E-state index < -0.39 is 0 Å². The number of methoxy groups -OCH3 is 2. The summed E-state index contributed by atoms with van der Waals surface area (Å²) in [4.78, 5) is 4.30. The Kier molecular flexibility index (Phi) is 4.23. The van der Waals surface area contributed by atoms with Crippen molar-refractivity contribution in [2.24, 2.45) is 0 Å². The molecule has 0 fully saturated rings. The number of nitrogens with zero attached hydrogens (tertiary/aromatic N) is 1. The molecular formula is C15H18N2O2. The first-order chi connectivity index (χ1) is 9.21. The summed E-state index contributed by atoms with van der Waals surface area (Å²) in [6, 6.07) is 9.80. The fraction of sp³-hybridized carbons (Fsp3) is 0.267. The average molecular weight is 258 g/mol. The molecule has 0 unspecified atom stereocenters. The normalized spacial score (nSPS) is 10.1. The summed E-state index contributed by atoms with van der Waals surface area (Å²) < 4.78 is 10.5. The highest BCUT2D eigenvalue weighted by molar-refractivity contribution is 5.41. The van der Waals surface area contributed by atoms with Gasteiger partial charge in [0.15, 0.2) is 0 Å². The molecular weight excluding hydrogens is 240 g/mol. The molecule has 0 saturated carbocycles. The Morgan fingerprint density at radius 1 is 1.05 bits per heavy atom. The van der Waals surface area contributed by atoms with E-state index in [4.69, 9.17) is 9.47 Å². The van der Waals surface area contributed by atoms with Crippen LogP contribution in [0.2, 0.25) is 0 Å². The van der Waals surface area contributed by atoms with Gasteiger partial charge in [-0.1, -0.05) is 6.07 Å². The minimum atomic E-state index is 0.670. The summed E-state index contributed by atoms with van der Waals surface area (Å²) in [6.45, 7) is 2.69.